The summed E-state index contributed by atoms with van der Waals surface area (Å²) in [5.74, 6) is -2.43. The van der Waals surface area contributed by atoms with Gasteiger partial charge in [0.15, 0.2) is 6.61 Å². The molecular formula is C21H22ClFN2O5S. The van der Waals surface area contributed by atoms with E-state index in [1.165, 1.54) is 4.31 Å². The third kappa shape index (κ3) is 5.81. The maximum Gasteiger partial charge on any atom is 0.338 e. The number of amides is 1. The van der Waals surface area contributed by atoms with Gasteiger partial charge in [-0.05, 0) is 42.7 Å². The highest BCUT2D eigenvalue weighted by Crippen LogP contribution is 2.24. The number of carbonyl (C=O) groups excluding carboxylic acids is 2. The summed E-state index contributed by atoms with van der Waals surface area (Å²) in [5.41, 5.74) is 0.547. The van der Waals surface area contributed by atoms with Gasteiger partial charge in [0.25, 0.3) is 5.91 Å². The van der Waals surface area contributed by atoms with Gasteiger partial charge in [0.2, 0.25) is 10.0 Å². The van der Waals surface area contributed by atoms with Gasteiger partial charge in [-0.3, -0.25) is 4.79 Å². The molecule has 166 valence electrons. The number of nitrogens with zero attached hydrogens (tertiary/aromatic N) is 1. The molecule has 2 aromatic carbocycles. The summed E-state index contributed by atoms with van der Waals surface area (Å²) in [7, 11) is -4.06. The van der Waals surface area contributed by atoms with Crippen LogP contribution in [0.4, 0.5) is 4.39 Å². The van der Waals surface area contributed by atoms with E-state index in [1.807, 2.05) is 0 Å². The molecule has 0 aromatic heterocycles. The standard InChI is InChI=1S/C21H22ClFN2O5S/c22-17-7-3-2-6-16(17)13-24-20(26)14-30-21(27)15-8-9-18(23)19(12-15)31(28,29)25-10-4-1-5-11-25/h2-3,6-9,12H,1,4-5,10-11,13-14H2,(H,24,26). The summed E-state index contributed by atoms with van der Waals surface area (Å²) >= 11 is 6.02. The fourth-order valence-electron chi connectivity index (χ4n) is 3.17. The van der Waals surface area contributed by atoms with Crippen LogP contribution in [0.5, 0.6) is 0 Å². The van der Waals surface area contributed by atoms with E-state index in [4.69, 9.17) is 16.3 Å². The molecule has 1 amide bonds. The zero-order valence-electron chi connectivity index (χ0n) is 16.6. The Morgan fingerprint density at radius 1 is 1.10 bits per heavy atom. The van der Waals surface area contributed by atoms with Crippen LogP contribution >= 0.6 is 11.6 Å². The van der Waals surface area contributed by atoms with Crippen LogP contribution < -0.4 is 5.32 Å². The van der Waals surface area contributed by atoms with Crippen LogP contribution in [0.3, 0.4) is 0 Å². The van der Waals surface area contributed by atoms with Gasteiger partial charge in [-0.15, -0.1) is 0 Å². The van der Waals surface area contributed by atoms with Crippen molar-refractivity contribution in [3.05, 3.63) is 64.4 Å². The molecule has 2 aromatic rings. The number of sulfonamides is 1. The predicted octanol–water partition coefficient (Wildman–Crippen LogP) is 3.13. The molecule has 1 fully saturated rings. The number of ether oxygens (including phenoxy) is 1. The molecule has 10 heteroatoms. The Hall–Kier alpha value is -2.49. The van der Waals surface area contributed by atoms with Crippen LogP contribution in [0.15, 0.2) is 47.4 Å². The molecule has 7 nitrogen and oxygen atoms in total. The largest absolute Gasteiger partial charge is 0.452 e. The summed E-state index contributed by atoms with van der Waals surface area (Å²) < 4.78 is 45.9. The molecule has 0 radical (unpaired) electrons. The van der Waals surface area contributed by atoms with Gasteiger partial charge in [-0.2, -0.15) is 4.31 Å². The zero-order chi connectivity index (χ0) is 22.4. The maximum absolute atomic E-state index is 14.3. The number of esters is 1. The molecule has 1 N–H and O–H groups in total. The van der Waals surface area contributed by atoms with Gasteiger partial charge in [-0.25, -0.2) is 17.6 Å². The van der Waals surface area contributed by atoms with E-state index in [1.54, 1.807) is 24.3 Å². The quantitative estimate of drug-likeness (QED) is 0.630. The summed E-state index contributed by atoms with van der Waals surface area (Å²) in [5, 5.41) is 3.07. The van der Waals surface area contributed by atoms with Gasteiger partial charge in [-0.1, -0.05) is 36.2 Å². The molecule has 3 rings (SSSR count). The third-order valence-corrected chi connectivity index (χ3v) is 7.15. The number of carbonyl (C=O) groups is 2. The van der Waals surface area contributed by atoms with E-state index in [0.717, 1.165) is 24.6 Å². The topological polar surface area (TPSA) is 92.8 Å². The van der Waals surface area contributed by atoms with Crippen molar-refractivity contribution < 1.29 is 27.1 Å². The molecule has 0 aliphatic carbocycles. The zero-order valence-corrected chi connectivity index (χ0v) is 18.2. The number of piperidine rings is 1. The number of hydrogen-bond donors (Lipinski definition) is 1. The molecule has 0 atom stereocenters. The molecule has 1 aliphatic rings. The van der Waals surface area contributed by atoms with Crippen molar-refractivity contribution in [2.45, 2.75) is 30.7 Å². The number of hydrogen-bond acceptors (Lipinski definition) is 5. The Bertz CT molecular complexity index is 1070. The monoisotopic (exact) mass is 468 g/mol. The Labute approximate surface area is 185 Å². The van der Waals surface area contributed by atoms with Crippen LogP contribution in [0, 0.1) is 5.82 Å². The van der Waals surface area contributed by atoms with Gasteiger partial charge in [0, 0.05) is 24.7 Å². The number of benzene rings is 2. The molecule has 31 heavy (non-hydrogen) atoms. The lowest BCUT2D eigenvalue weighted by Crippen LogP contribution is -2.36. The van der Waals surface area contributed by atoms with Gasteiger partial charge < -0.3 is 10.1 Å². The number of rotatable bonds is 7. The van der Waals surface area contributed by atoms with Crippen LogP contribution in [-0.2, 0) is 26.1 Å². The molecule has 0 saturated carbocycles. The van der Waals surface area contributed by atoms with Crippen molar-refractivity contribution >= 4 is 33.5 Å². The SMILES string of the molecule is O=C(COC(=O)c1ccc(F)c(S(=O)(=O)N2CCCCC2)c1)NCc1ccccc1Cl. The summed E-state index contributed by atoms with van der Waals surface area (Å²) in [4.78, 5) is 23.7. The van der Waals surface area contributed by atoms with Crippen LogP contribution in [0.1, 0.15) is 35.2 Å². The molecule has 1 saturated heterocycles. The minimum absolute atomic E-state index is 0.157. The van der Waals surface area contributed by atoms with Crippen molar-refractivity contribution in [3.63, 3.8) is 0 Å². The Morgan fingerprint density at radius 2 is 1.81 bits per heavy atom. The summed E-state index contributed by atoms with van der Waals surface area (Å²) in [6.07, 6.45) is 2.32. The highest BCUT2D eigenvalue weighted by Gasteiger charge is 2.29. The van der Waals surface area contributed by atoms with Crippen LogP contribution in [0.2, 0.25) is 5.02 Å². The smallest absolute Gasteiger partial charge is 0.338 e. The van der Waals surface area contributed by atoms with Crippen LogP contribution in [-0.4, -0.2) is 44.3 Å². The first-order valence-corrected chi connectivity index (χ1v) is 11.6. The average Bonchev–Trinajstić information content (AvgIpc) is 2.77. The fraction of sp³-hybridized carbons (Fsp3) is 0.333. The van der Waals surface area contributed by atoms with E-state index in [0.29, 0.717) is 36.5 Å². The fourth-order valence-corrected chi connectivity index (χ4v) is 4.98. The van der Waals surface area contributed by atoms with Gasteiger partial charge in [0.1, 0.15) is 10.7 Å². The van der Waals surface area contributed by atoms with Crippen LogP contribution in [0.25, 0.3) is 0 Å². The number of nitrogens with one attached hydrogen (secondary N) is 1. The molecule has 1 aliphatic heterocycles. The van der Waals surface area contributed by atoms with Crippen molar-refractivity contribution in [2.75, 3.05) is 19.7 Å². The normalized spacial score (nSPS) is 14.8. The molecule has 1 heterocycles. The van der Waals surface area contributed by atoms with Crippen molar-refractivity contribution in [1.82, 2.24) is 9.62 Å². The lowest BCUT2D eigenvalue weighted by molar-refractivity contribution is -0.124. The average molecular weight is 469 g/mol. The number of halogens is 2. The lowest BCUT2D eigenvalue weighted by Gasteiger charge is -2.26. The highest BCUT2D eigenvalue weighted by molar-refractivity contribution is 7.89. The molecule has 0 bridgehead atoms. The van der Waals surface area contributed by atoms with Crippen molar-refractivity contribution in [1.29, 1.82) is 0 Å². The summed E-state index contributed by atoms with van der Waals surface area (Å²) in [6.45, 7) is 0.198. The Kier molecular flexibility index (Phi) is 7.64. The second-order valence-electron chi connectivity index (χ2n) is 7.05. The predicted molar refractivity (Wildman–Crippen MR) is 113 cm³/mol. The van der Waals surface area contributed by atoms with E-state index < -0.39 is 39.2 Å². The molecule has 0 spiro atoms. The summed E-state index contributed by atoms with van der Waals surface area (Å²) in [6, 6.07) is 9.95. The molecular weight excluding hydrogens is 447 g/mol. The van der Waals surface area contributed by atoms with Gasteiger partial charge >= 0.3 is 5.97 Å². The highest BCUT2D eigenvalue weighted by atomic mass is 35.5. The first kappa shape index (κ1) is 23.2. The molecule has 0 unspecified atom stereocenters. The lowest BCUT2D eigenvalue weighted by atomic mass is 10.2. The Morgan fingerprint density at radius 3 is 2.52 bits per heavy atom. The van der Waals surface area contributed by atoms with E-state index in [2.05, 4.69) is 5.32 Å². The third-order valence-electron chi connectivity index (χ3n) is 4.87. The minimum atomic E-state index is -4.06. The van der Waals surface area contributed by atoms with E-state index >= 15 is 0 Å². The Balaban J connectivity index is 1.62. The first-order chi connectivity index (χ1) is 14.8. The van der Waals surface area contributed by atoms with Crippen molar-refractivity contribution in [2.24, 2.45) is 0 Å². The second-order valence-corrected chi connectivity index (χ2v) is 9.37. The van der Waals surface area contributed by atoms with E-state index in [9.17, 15) is 22.4 Å². The maximum atomic E-state index is 14.3. The van der Waals surface area contributed by atoms with Crippen molar-refractivity contribution in [3.8, 4) is 0 Å². The van der Waals surface area contributed by atoms with Gasteiger partial charge in [0.05, 0.1) is 5.56 Å². The second kappa shape index (κ2) is 10.2. The van der Waals surface area contributed by atoms with E-state index in [-0.39, 0.29) is 12.1 Å². The first-order valence-electron chi connectivity index (χ1n) is 9.76. The minimum Gasteiger partial charge on any atom is -0.452 e.